The number of hydrogen-bond donors (Lipinski definition) is 2. The zero-order valence-corrected chi connectivity index (χ0v) is 12.3. The highest BCUT2D eigenvalue weighted by Gasteiger charge is 2.35. The van der Waals surface area contributed by atoms with E-state index in [9.17, 15) is 4.79 Å². The summed E-state index contributed by atoms with van der Waals surface area (Å²) in [5.41, 5.74) is 6.15. The van der Waals surface area contributed by atoms with Crippen molar-refractivity contribution < 1.29 is 4.79 Å². The largest absolute Gasteiger partial charge is 0.366 e. The lowest BCUT2D eigenvalue weighted by Gasteiger charge is -2.32. The molecule has 2 rings (SSSR count). The van der Waals surface area contributed by atoms with E-state index in [2.05, 4.69) is 10.3 Å². The maximum Gasteiger partial charge on any atom is 0.251 e. The molecular formula is C12H11Cl2N3OS. The van der Waals surface area contributed by atoms with E-state index in [1.807, 2.05) is 6.26 Å². The van der Waals surface area contributed by atoms with E-state index in [4.69, 9.17) is 28.9 Å². The molecule has 0 aromatic heterocycles. The van der Waals surface area contributed by atoms with Gasteiger partial charge >= 0.3 is 0 Å². The third-order valence-electron chi connectivity index (χ3n) is 2.69. The molecule has 0 spiro atoms. The molecule has 100 valence electrons. The molecule has 1 aliphatic heterocycles. The maximum absolute atomic E-state index is 11.1. The number of benzene rings is 1. The van der Waals surface area contributed by atoms with E-state index < -0.39 is 10.9 Å². The highest BCUT2D eigenvalue weighted by atomic mass is 35.5. The molecule has 7 heteroatoms. The fourth-order valence-corrected chi connectivity index (χ4v) is 3.26. The predicted octanol–water partition coefficient (Wildman–Crippen LogP) is 2.51. The van der Waals surface area contributed by atoms with Gasteiger partial charge in [-0.25, -0.2) is 4.99 Å². The third-order valence-corrected chi connectivity index (χ3v) is 4.34. The standard InChI is InChI=1S/C12H11Cl2N3OS/c1-19-12(10-8(13)3-2-4-9(10)14)16-5-7(6-17-12)11(15)18/h2-6,16H,1H3,(H2,15,18). The predicted molar refractivity (Wildman–Crippen MR) is 80.6 cm³/mol. The summed E-state index contributed by atoms with van der Waals surface area (Å²) in [7, 11) is 0. The van der Waals surface area contributed by atoms with Gasteiger partial charge in [0, 0.05) is 18.0 Å². The molecule has 0 fully saturated rings. The monoisotopic (exact) mass is 315 g/mol. The van der Waals surface area contributed by atoms with Crippen molar-refractivity contribution in [3.05, 3.63) is 45.6 Å². The summed E-state index contributed by atoms with van der Waals surface area (Å²) in [5.74, 6) is -0.545. The quantitative estimate of drug-likeness (QED) is 0.900. The first-order valence-electron chi connectivity index (χ1n) is 5.32. The van der Waals surface area contributed by atoms with Gasteiger partial charge in [0.05, 0.1) is 15.6 Å². The lowest BCUT2D eigenvalue weighted by Crippen LogP contribution is -2.38. The average Bonchev–Trinajstić information content (AvgIpc) is 2.39. The normalized spacial score (nSPS) is 21.7. The number of carbonyl (C=O) groups excluding carboxylic acids is 1. The van der Waals surface area contributed by atoms with Gasteiger partial charge in [-0.05, 0) is 18.4 Å². The van der Waals surface area contributed by atoms with Gasteiger partial charge < -0.3 is 11.1 Å². The van der Waals surface area contributed by atoms with Gasteiger partial charge in [0.1, 0.15) is 0 Å². The zero-order valence-electron chi connectivity index (χ0n) is 9.98. The maximum atomic E-state index is 11.1. The molecule has 1 amide bonds. The average molecular weight is 316 g/mol. The molecule has 1 aromatic rings. The van der Waals surface area contributed by atoms with Crippen LogP contribution in [0, 0.1) is 0 Å². The first-order chi connectivity index (χ1) is 9.00. The van der Waals surface area contributed by atoms with Crippen LogP contribution in [0.15, 0.2) is 35.0 Å². The molecule has 1 aliphatic rings. The summed E-state index contributed by atoms with van der Waals surface area (Å²) in [6, 6.07) is 5.25. The van der Waals surface area contributed by atoms with Crippen LogP contribution in [0.25, 0.3) is 0 Å². The van der Waals surface area contributed by atoms with Crippen LogP contribution in [0.1, 0.15) is 5.56 Å². The number of nitrogens with one attached hydrogen (secondary N) is 1. The summed E-state index contributed by atoms with van der Waals surface area (Å²) >= 11 is 13.8. The summed E-state index contributed by atoms with van der Waals surface area (Å²) in [6.45, 7) is 0. The number of carbonyl (C=O) groups is 1. The van der Waals surface area contributed by atoms with Crippen LogP contribution >= 0.6 is 35.0 Å². The fourth-order valence-electron chi connectivity index (χ4n) is 1.72. The van der Waals surface area contributed by atoms with Gasteiger partial charge in [-0.1, -0.05) is 29.3 Å². The van der Waals surface area contributed by atoms with Crippen molar-refractivity contribution in [3.8, 4) is 0 Å². The van der Waals surface area contributed by atoms with Gasteiger partial charge in [0.25, 0.3) is 5.91 Å². The minimum atomic E-state index is -0.853. The van der Waals surface area contributed by atoms with E-state index in [1.54, 1.807) is 18.2 Å². The Hall–Kier alpha value is -1.17. The molecule has 0 bridgehead atoms. The molecule has 3 N–H and O–H groups in total. The van der Waals surface area contributed by atoms with E-state index in [0.29, 0.717) is 21.2 Å². The number of hydrogen-bond acceptors (Lipinski definition) is 4. The highest BCUT2D eigenvalue weighted by Crippen LogP contribution is 2.42. The Morgan fingerprint density at radius 2 is 2.05 bits per heavy atom. The van der Waals surface area contributed by atoms with Crippen molar-refractivity contribution in [1.29, 1.82) is 0 Å². The van der Waals surface area contributed by atoms with Crippen molar-refractivity contribution in [2.24, 2.45) is 10.7 Å². The molecule has 0 saturated carbocycles. The van der Waals surface area contributed by atoms with Crippen LogP contribution in [0.4, 0.5) is 0 Å². The van der Waals surface area contributed by atoms with E-state index >= 15 is 0 Å². The summed E-state index contributed by atoms with van der Waals surface area (Å²) in [5, 5.41) is 4.05. The van der Waals surface area contributed by atoms with Crippen molar-refractivity contribution in [2.75, 3.05) is 6.26 Å². The molecule has 0 aliphatic carbocycles. The molecule has 19 heavy (non-hydrogen) atoms. The van der Waals surface area contributed by atoms with Crippen molar-refractivity contribution in [3.63, 3.8) is 0 Å². The Kier molecular flexibility index (Phi) is 4.08. The Labute approximate surface area is 125 Å². The zero-order chi connectivity index (χ0) is 14.0. The second-order valence-corrected chi connectivity index (χ2v) is 5.62. The van der Waals surface area contributed by atoms with Crippen molar-refractivity contribution in [1.82, 2.24) is 5.32 Å². The van der Waals surface area contributed by atoms with E-state index in [1.165, 1.54) is 24.2 Å². The molecule has 4 nitrogen and oxygen atoms in total. The van der Waals surface area contributed by atoms with E-state index in [0.717, 1.165) is 0 Å². The molecule has 1 heterocycles. The van der Waals surface area contributed by atoms with Gasteiger partial charge in [0.2, 0.25) is 4.99 Å². The second kappa shape index (κ2) is 5.45. The molecular weight excluding hydrogens is 305 g/mol. The lowest BCUT2D eigenvalue weighted by molar-refractivity contribution is -0.114. The van der Waals surface area contributed by atoms with E-state index in [-0.39, 0.29) is 0 Å². The number of amides is 1. The summed E-state index contributed by atoms with van der Waals surface area (Å²) in [6.07, 6.45) is 4.81. The Balaban J connectivity index is 2.48. The number of nitrogens with two attached hydrogens (primary N) is 1. The fraction of sp³-hybridized carbons (Fsp3) is 0.167. The first-order valence-corrected chi connectivity index (χ1v) is 7.31. The van der Waals surface area contributed by atoms with Crippen LogP contribution in [0.2, 0.25) is 10.0 Å². The van der Waals surface area contributed by atoms with Crippen LogP contribution in [0.3, 0.4) is 0 Å². The molecule has 1 atom stereocenters. The number of primary amides is 1. The molecule has 0 saturated heterocycles. The highest BCUT2D eigenvalue weighted by molar-refractivity contribution is 7.99. The Bertz CT molecular complexity index is 568. The van der Waals surface area contributed by atoms with Crippen LogP contribution in [-0.4, -0.2) is 18.4 Å². The van der Waals surface area contributed by atoms with Gasteiger partial charge in [0.15, 0.2) is 0 Å². The van der Waals surface area contributed by atoms with Gasteiger partial charge in [-0.3, -0.25) is 4.79 Å². The number of aliphatic imine (C=N–C) groups is 1. The number of thioether (sulfide) groups is 1. The third kappa shape index (κ3) is 2.59. The Morgan fingerprint density at radius 3 is 2.47 bits per heavy atom. The topological polar surface area (TPSA) is 67.5 Å². The van der Waals surface area contributed by atoms with Crippen LogP contribution < -0.4 is 11.1 Å². The SMILES string of the molecule is CSC1(c2c(Cl)cccc2Cl)N=CC(C(N)=O)=CN1. The first kappa shape index (κ1) is 14.2. The smallest absolute Gasteiger partial charge is 0.251 e. The number of halogens is 2. The Morgan fingerprint density at radius 1 is 1.42 bits per heavy atom. The molecule has 1 unspecified atom stereocenters. The minimum Gasteiger partial charge on any atom is -0.366 e. The van der Waals surface area contributed by atoms with Crippen molar-refractivity contribution >= 4 is 47.1 Å². The van der Waals surface area contributed by atoms with Crippen molar-refractivity contribution in [2.45, 2.75) is 4.99 Å². The van der Waals surface area contributed by atoms with Gasteiger partial charge in [-0.2, -0.15) is 0 Å². The van der Waals surface area contributed by atoms with Crippen LogP contribution in [-0.2, 0) is 9.79 Å². The second-order valence-electron chi connectivity index (χ2n) is 3.81. The summed E-state index contributed by atoms with van der Waals surface area (Å²) in [4.78, 5) is 14.6. The lowest BCUT2D eigenvalue weighted by atomic mass is 10.1. The van der Waals surface area contributed by atoms with Gasteiger partial charge in [-0.15, -0.1) is 11.8 Å². The number of rotatable bonds is 3. The molecule has 1 aromatic carbocycles. The minimum absolute atomic E-state index is 0.299. The number of nitrogens with zero attached hydrogens (tertiary/aromatic N) is 1. The van der Waals surface area contributed by atoms with Crippen LogP contribution in [0.5, 0.6) is 0 Å². The molecule has 0 radical (unpaired) electrons. The summed E-state index contributed by atoms with van der Waals surface area (Å²) < 4.78 is 0.